The minimum atomic E-state index is -3.65. The molecule has 1 atom stereocenters. The number of piperidine rings is 1. The highest BCUT2D eigenvalue weighted by molar-refractivity contribution is 7.92. The van der Waals surface area contributed by atoms with Crippen LogP contribution in [0.2, 0.25) is 0 Å². The number of carbonyl (C=O) groups is 1. The van der Waals surface area contributed by atoms with Crippen LogP contribution in [-0.2, 0) is 45.1 Å². The van der Waals surface area contributed by atoms with Crippen LogP contribution >= 0.6 is 0 Å². The number of halogens is 1. The van der Waals surface area contributed by atoms with Crippen molar-refractivity contribution < 1.29 is 46.1 Å². The highest BCUT2D eigenvalue weighted by Crippen LogP contribution is 2.35. The molecule has 3 fully saturated rings. The zero-order valence-corrected chi connectivity index (χ0v) is 30.3. The summed E-state index contributed by atoms with van der Waals surface area (Å²) < 4.78 is 69.8. The molecule has 3 aliphatic rings. The van der Waals surface area contributed by atoms with E-state index in [2.05, 4.69) is 20.1 Å². The molecule has 284 valence electrons. The summed E-state index contributed by atoms with van der Waals surface area (Å²) >= 11 is 0. The Hall–Kier alpha value is -3.78. The van der Waals surface area contributed by atoms with Crippen molar-refractivity contribution in [3.05, 3.63) is 35.8 Å². The Labute approximate surface area is 302 Å². The van der Waals surface area contributed by atoms with Crippen LogP contribution in [0.3, 0.4) is 0 Å². The third-order valence-electron chi connectivity index (χ3n) is 8.92. The Balaban J connectivity index is 1.11. The third-order valence-corrected chi connectivity index (χ3v) is 9.52. The molecule has 0 radical (unpaired) electrons. The van der Waals surface area contributed by atoms with Gasteiger partial charge < -0.3 is 28.6 Å². The summed E-state index contributed by atoms with van der Waals surface area (Å²) in [5.41, 5.74) is 4.69. The van der Waals surface area contributed by atoms with Crippen LogP contribution in [0.5, 0.6) is 5.88 Å². The average molecular weight is 748 g/mol. The number of pyridine rings is 1. The van der Waals surface area contributed by atoms with E-state index in [0.29, 0.717) is 79.7 Å². The maximum atomic E-state index is 15.4. The van der Waals surface area contributed by atoms with Crippen molar-refractivity contribution in [3.63, 3.8) is 0 Å². The molecule has 16 nitrogen and oxygen atoms in total. The molecule has 0 bridgehead atoms. The predicted molar refractivity (Wildman–Crippen MR) is 189 cm³/mol. The first kappa shape index (κ1) is 38.0. The number of aromatic nitrogens is 3. The molecular formula is C34H46FN7O9S. The number of methoxy groups -OCH3 is 1. The van der Waals surface area contributed by atoms with Gasteiger partial charge in [-0.3, -0.25) is 14.4 Å². The van der Waals surface area contributed by atoms with E-state index in [1.807, 2.05) is 4.90 Å². The van der Waals surface area contributed by atoms with Crippen molar-refractivity contribution in [2.24, 2.45) is 0 Å². The molecule has 1 amide bonds. The van der Waals surface area contributed by atoms with Gasteiger partial charge >= 0.3 is 0 Å². The Bertz CT molecular complexity index is 1780. The maximum Gasteiger partial charge on any atom is 0.269 e. The topological polar surface area (TPSA) is 176 Å². The Morgan fingerprint density at radius 3 is 2.58 bits per heavy atom. The summed E-state index contributed by atoms with van der Waals surface area (Å²) in [4.78, 5) is 35.7. The molecule has 3 saturated heterocycles. The third kappa shape index (κ3) is 10.4. The highest BCUT2D eigenvalue weighted by Gasteiger charge is 2.25. The average Bonchev–Trinajstić information content (AvgIpc) is 3.14. The van der Waals surface area contributed by atoms with Gasteiger partial charge in [-0.05, 0) is 49.4 Å². The Kier molecular flexibility index (Phi) is 13.0. The molecule has 0 aliphatic carbocycles. The molecule has 2 N–H and O–H groups in total. The van der Waals surface area contributed by atoms with Crippen molar-refractivity contribution in [2.75, 3.05) is 88.8 Å². The SMILES string of the molecule is COc1ncc(-c2nc(N3CCOCC3)nc3c(CN4CCC(OCCOCC(=O)NOC5CCCCO5)CC4)cc(F)cc23)cc1NS(C)(=O)=O. The van der Waals surface area contributed by atoms with E-state index in [4.69, 9.17) is 38.5 Å². The van der Waals surface area contributed by atoms with Gasteiger partial charge in [0.15, 0.2) is 6.29 Å². The van der Waals surface area contributed by atoms with E-state index in [9.17, 15) is 13.2 Å². The number of benzene rings is 1. The van der Waals surface area contributed by atoms with Crippen LogP contribution in [0.4, 0.5) is 16.0 Å². The number of hydroxylamine groups is 1. The standard InChI is InChI=1S/C34H46FN7O9S/c1-46-33-28(40-52(2,44)45)18-23(20-36-33)31-27-19-25(35)17-24(32(27)38-34(37-31)42-10-13-47-14-11-42)21-41-8-6-26(7-9-41)49-16-15-48-22-29(43)39-51-30-5-3-4-12-50-30/h17-20,26,30,40H,3-16,21-22H2,1-2H3,(H,39,43). The second-order valence-corrected chi connectivity index (χ2v) is 14.7. The number of morpholine rings is 1. The number of hydrogen-bond donors (Lipinski definition) is 2. The van der Waals surface area contributed by atoms with Gasteiger partial charge in [0, 0.05) is 62.9 Å². The second-order valence-electron chi connectivity index (χ2n) is 12.9. The van der Waals surface area contributed by atoms with Crippen LogP contribution in [0.25, 0.3) is 22.2 Å². The van der Waals surface area contributed by atoms with Crippen molar-refractivity contribution >= 4 is 38.5 Å². The minimum absolute atomic E-state index is 0.0314. The molecule has 1 aromatic carbocycles. The van der Waals surface area contributed by atoms with Gasteiger partial charge in [-0.1, -0.05) is 0 Å². The molecule has 0 spiro atoms. The normalized spacial score (nSPS) is 19.1. The summed E-state index contributed by atoms with van der Waals surface area (Å²) in [5.74, 6) is -0.268. The molecule has 1 unspecified atom stereocenters. The summed E-state index contributed by atoms with van der Waals surface area (Å²) in [6, 6.07) is 4.48. The number of amides is 1. The summed E-state index contributed by atoms with van der Waals surface area (Å²) in [6.07, 6.45) is 6.47. The fourth-order valence-corrected chi connectivity index (χ4v) is 6.94. The number of carbonyl (C=O) groups excluding carboxylic acids is 1. The number of ether oxygens (including phenoxy) is 5. The number of nitrogens with one attached hydrogen (secondary N) is 2. The quantitative estimate of drug-likeness (QED) is 0.171. The fourth-order valence-electron chi connectivity index (χ4n) is 6.39. The van der Waals surface area contributed by atoms with Crippen molar-refractivity contribution in [2.45, 2.75) is 51.0 Å². The maximum absolute atomic E-state index is 15.4. The lowest BCUT2D eigenvalue weighted by Gasteiger charge is -2.32. The van der Waals surface area contributed by atoms with Crippen LogP contribution in [0.15, 0.2) is 24.4 Å². The number of anilines is 2. The number of sulfonamides is 1. The second kappa shape index (κ2) is 17.8. The Morgan fingerprint density at radius 2 is 1.85 bits per heavy atom. The lowest BCUT2D eigenvalue weighted by atomic mass is 10.0. The number of nitrogens with zero attached hydrogens (tertiary/aromatic N) is 5. The summed E-state index contributed by atoms with van der Waals surface area (Å²) in [6.45, 7) is 5.21. The van der Waals surface area contributed by atoms with Crippen LogP contribution in [0.1, 0.15) is 37.7 Å². The van der Waals surface area contributed by atoms with Crippen molar-refractivity contribution in [1.29, 1.82) is 0 Å². The van der Waals surface area contributed by atoms with Gasteiger partial charge in [-0.2, -0.15) is 0 Å². The molecule has 0 saturated carbocycles. The van der Waals surface area contributed by atoms with Gasteiger partial charge in [0.25, 0.3) is 5.91 Å². The summed E-state index contributed by atoms with van der Waals surface area (Å²) in [7, 11) is -2.26. The first-order valence-corrected chi connectivity index (χ1v) is 19.4. The van der Waals surface area contributed by atoms with Gasteiger partial charge in [0.05, 0.1) is 57.1 Å². The minimum Gasteiger partial charge on any atom is -0.480 e. The fraction of sp³-hybridized carbons (Fsp3) is 0.588. The molecule has 3 aromatic rings. The van der Waals surface area contributed by atoms with E-state index in [0.717, 1.165) is 51.4 Å². The lowest BCUT2D eigenvalue weighted by Crippen LogP contribution is -2.38. The van der Waals surface area contributed by atoms with Crippen LogP contribution in [0, 0.1) is 5.82 Å². The van der Waals surface area contributed by atoms with E-state index >= 15 is 4.39 Å². The zero-order chi connectivity index (χ0) is 36.5. The van der Waals surface area contributed by atoms with Crippen LogP contribution in [-0.4, -0.2) is 126 Å². The first-order chi connectivity index (χ1) is 25.1. The molecule has 2 aromatic heterocycles. The van der Waals surface area contributed by atoms with E-state index in [1.165, 1.54) is 25.4 Å². The lowest BCUT2D eigenvalue weighted by molar-refractivity contribution is -0.202. The van der Waals surface area contributed by atoms with Crippen molar-refractivity contribution in [1.82, 2.24) is 25.3 Å². The van der Waals surface area contributed by atoms with Gasteiger partial charge in [-0.25, -0.2) is 38.1 Å². The molecule has 18 heteroatoms. The monoisotopic (exact) mass is 747 g/mol. The predicted octanol–water partition coefficient (Wildman–Crippen LogP) is 2.62. The molecule has 3 aliphatic heterocycles. The number of fused-ring (bicyclic) bond motifs is 1. The Morgan fingerprint density at radius 1 is 1.04 bits per heavy atom. The number of likely N-dealkylation sites (tertiary alicyclic amines) is 1. The molecule has 5 heterocycles. The van der Waals surface area contributed by atoms with Gasteiger partial charge in [0.2, 0.25) is 21.9 Å². The highest BCUT2D eigenvalue weighted by atomic mass is 32.2. The summed E-state index contributed by atoms with van der Waals surface area (Å²) in [5, 5.41) is 0.477. The van der Waals surface area contributed by atoms with E-state index < -0.39 is 22.1 Å². The molecule has 6 rings (SSSR count). The number of hydrogen-bond acceptors (Lipinski definition) is 14. The molecule has 52 heavy (non-hydrogen) atoms. The molecular weight excluding hydrogens is 701 g/mol. The van der Waals surface area contributed by atoms with E-state index in [-0.39, 0.29) is 36.8 Å². The largest absolute Gasteiger partial charge is 0.480 e. The first-order valence-electron chi connectivity index (χ1n) is 17.5. The zero-order valence-electron chi connectivity index (χ0n) is 29.5. The smallest absolute Gasteiger partial charge is 0.269 e. The number of rotatable bonds is 15. The van der Waals surface area contributed by atoms with E-state index in [1.54, 1.807) is 6.07 Å². The van der Waals surface area contributed by atoms with Crippen LogP contribution < -0.4 is 19.8 Å². The van der Waals surface area contributed by atoms with Gasteiger partial charge in [-0.15, -0.1) is 0 Å². The van der Waals surface area contributed by atoms with Crippen molar-refractivity contribution in [3.8, 4) is 17.1 Å². The van der Waals surface area contributed by atoms with Gasteiger partial charge in [0.1, 0.15) is 18.1 Å².